The molecule has 1 aromatic rings. The normalized spacial score (nSPS) is 12.0. The Bertz CT molecular complexity index is 398. The van der Waals surface area contributed by atoms with Crippen molar-refractivity contribution in [1.29, 1.82) is 0 Å². The molecule has 1 unspecified atom stereocenters. The zero-order chi connectivity index (χ0) is 12.8. The first kappa shape index (κ1) is 14.1. The molecule has 0 aromatic heterocycles. The second-order valence-electron chi connectivity index (χ2n) is 3.23. The third-order valence-electron chi connectivity index (χ3n) is 1.88. The Hall–Kier alpha value is -0.970. The molecular weight excluding hydrogens is 265 g/mol. The van der Waals surface area contributed by atoms with Gasteiger partial charge in [-0.3, -0.25) is 9.63 Å². The number of ether oxygens (including phenoxy) is 1. The van der Waals surface area contributed by atoms with Crippen LogP contribution in [0.5, 0.6) is 5.75 Å². The summed E-state index contributed by atoms with van der Waals surface area (Å²) in [6.45, 7) is 3.75. The first-order chi connectivity index (χ1) is 8.04. The summed E-state index contributed by atoms with van der Waals surface area (Å²) in [5.41, 5.74) is 2.25. The van der Waals surface area contributed by atoms with Gasteiger partial charge in [0.25, 0.3) is 5.91 Å². The van der Waals surface area contributed by atoms with E-state index in [4.69, 9.17) is 32.8 Å². The smallest absolute Gasteiger partial charge is 0.284 e. The van der Waals surface area contributed by atoms with Gasteiger partial charge in [0.05, 0.1) is 11.6 Å². The summed E-state index contributed by atoms with van der Waals surface area (Å²) in [5, 5.41) is 0.863. The molecule has 1 rings (SSSR count). The summed E-state index contributed by atoms with van der Waals surface area (Å²) in [6, 6.07) is 4.79. The fraction of sp³-hybridized carbons (Fsp3) is 0.364. The zero-order valence-electron chi connectivity index (χ0n) is 9.50. The van der Waals surface area contributed by atoms with E-state index in [0.29, 0.717) is 22.4 Å². The summed E-state index contributed by atoms with van der Waals surface area (Å²) < 4.78 is 5.38. The number of carbonyl (C=O) groups is 1. The summed E-state index contributed by atoms with van der Waals surface area (Å²) >= 11 is 11.7. The number of halogens is 2. The lowest BCUT2D eigenvalue weighted by molar-refractivity contribution is -0.139. The number of hydroxylamine groups is 1. The van der Waals surface area contributed by atoms with Crippen LogP contribution in [-0.2, 0) is 9.63 Å². The summed E-state index contributed by atoms with van der Waals surface area (Å²) in [6.07, 6.45) is -0.708. The number of nitrogens with one attached hydrogen (secondary N) is 1. The van der Waals surface area contributed by atoms with Gasteiger partial charge in [-0.1, -0.05) is 23.2 Å². The molecule has 1 atom stereocenters. The third-order valence-corrected chi connectivity index (χ3v) is 2.41. The lowest BCUT2D eigenvalue weighted by atomic mass is 10.3. The number of amides is 1. The Morgan fingerprint density at radius 3 is 2.76 bits per heavy atom. The van der Waals surface area contributed by atoms with Crippen molar-refractivity contribution in [3.05, 3.63) is 28.2 Å². The van der Waals surface area contributed by atoms with Crippen LogP contribution in [0.2, 0.25) is 10.0 Å². The molecule has 0 spiro atoms. The van der Waals surface area contributed by atoms with Crippen LogP contribution < -0.4 is 10.2 Å². The fourth-order valence-electron chi connectivity index (χ4n) is 1.04. The molecule has 0 saturated heterocycles. The SMILES string of the molecule is CCONC(=O)C(C)Oc1ccc(Cl)cc1Cl. The molecule has 1 N–H and O–H groups in total. The average molecular weight is 278 g/mol. The Morgan fingerprint density at radius 2 is 2.18 bits per heavy atom. The highest BCUT2D eigenvalue weighted by atomic mass is 35.5. The van der Waals surface area contributed by atoms with Crippen molar-refractivity contribution in [2.24, 2.45) is 0 Å². The van der Waals surface area contributed by atoms with Gasteiger partial charge in [-0.15, -0.1) is 0 Å². The van der Waals surface area contributed by atoms with Gasteiger partial charge in [-0.05, 0) is 32.0 Å². The molecule has 0 aliphatic heterocycles. The van der Waals surface area contributed by atoms with Gasteiger partial charge in [-0.2, -0.15) is 0 Å². The van der Waals surface area contributed by atoms with Crippen LogP contribution in [0.25, 0.3) is 0 Å². The summed E-state index contributed by atoms with van der Waals surface area (Å²) in [4.78, 5) is 16.2. The molecule has 0 heterocycles. The number of benzene rings is 1. The monoisotopic (exact) mass is 277 g/mol. The Morgan fingerprint density at radius 1 is 1.47 bits per heavy atom. The van der Waals surface area contributed by atoms with Crippen molar-refractivity contribution >= 4 is 29.1 Å². The maximum atomic E-state index is 11.5. The van der Waals surface area contributed by atoms with E-state index in [-0.39, 0.29) is 5.91 Å². The maximum absolute atomic E-state index is 11.5. The van der Waals surface area contributed by atoms with Gasteiger partial charge in [-0.25, -0.2) is 5.48 Å². The molecule has 4 nitrogen and oxygen atoms in total. The molecule has 0 fully saturated rings. The lowest BCUT2D eigenvalue weighted by Crippen LogP contribution is -2.36. The summed E-state index contributed by atoms with van der Waals surface area (Å²) in [7, 11) is 0. The van der Waals surface area contributed by atoms with E-state index in [1.165, 1.54) is 0 Å². The predicted octanol–water partition coefficient (Wildman–Crippen LogP) is 2.83. The van der Waals surface area contributed by atoms with Gasteiger partial charge in [0, 0.05) is 5.02 Å². The maximum Gasteiger partial charge on any atom is 0.284 e. The molecule has 0 aliphatic carbocycles. The van der Waals surface area contributed by atoms with Crippen molar-refractivity contribution in [3.8, 4) is 5.75 Å². The Kier molecular flexibility index (Phi) is 5.55. The molecule has 0 bridgehead atoms. The van der Waals surface area contributed by atoms with Crippen LogP contribution in [-0.4, -0.2) is 18.6 Å². The minimum atomic E-state index is -0.708. The van der Waals surface area contributed by atoms with Gasteiger partial charge in [0.15, 0.2) is 6.10 Å². The van der Waals surface area contributed by atoms with E-state index in [1.54, 1.807) is 32.0 Å². The van der Waals surface area contributed by atoms with E-state index in [2.05, 4.69) is 5.48 Å². The zero-order valence-corrected chi connectivity index (χ0v) is 11.0. The quantitative estimate of drug-likeness (QED) is 0.842. The largest absolute Gasteiger partial charge is 0.479 e. The average Bonchev–Trinajstić information content (AvgIpc) is 2.29. The van der Waals surface area contributed by atoms with Crippen molar-refractivity contribution in [3.63, 3.8) is 0 Å². The Balaban J connectivity index is 2.61. The molecule has 1 aromatic carbocycles. The first-order valence-corrected chi connectivity index (χ1v) is 5.83. The van der Waals surface area contributed by atoms with E-state index >= 15 is 0 Å². The minimum Gasteiger partial charge on any atom is -0.479 e. The van der Waals surface area contributed by atoms with E-state index in [1.807, 2.05) is 0 Å². The molecule has 1 amide bonds. The van der Waals surface area contributed by atoms with Crippen molar-refractivity contribution < 1.29 is 14.4 Å². The topological polar surface area (TPSA) is 47.6 Å². The van der Waals surface area contributed by atoms with Gasteiger partial charge in [0.2, 0.25) is 0 Å². The van der Waals surface area contributed by atoms with Gasteiger partial charge < -0.3 is 4.74 Å². The van der Waals surface area contributed by atoms with Crippen molar-refractivity contribution in [2.45, 2.75) is 20.0 Å². The van der Waals surface area contributed by atoms with Gasteiger partial charge >= 0.3 is 0 Å². The standard InChI is InChI=1S/C11H13Cl2NO3/c1-3-16-14-11(15)7(2)17-10-5-4-8(12)6-9(10)13/h4-7H,3H2,1-2H3,(H,14,15). The highest BCUT2D eigenvalue weighted by Crippen LogP contribution is 2.28. The Labute approximate surface area is 110 Å². The van der Waals surface area contributed by atoms with Crippen molar-refractivity contribution in [2.75, 3.05) is 6.61 Å². The number of hydrogen-bond donors (Lipinski definition) is 1. The fourth-order valence-corrected chi connectivity index (χ4v) is 1.49. The molecule has 0 saturated carbocycles. The molecular formula is C11H13Cl2NO3. The second kappa shape index (κ2) is 6.69. The van der Waals surface area contributed by atoms with Crippen LogP contribution in [0.4, 0.5) is 0 Å². The van der Waals surface area contributed by atoms with E-state index < -0.39 is 6.10 Å². The second-order valence-corrected chi connectivity index (χ2v) is 4.08. The van der Waals surface area contributed by atoms with Crippen LogP contribution in [0, 0.1) is 0 Å². The highest BCUT2D eigenvalue weighted by Gasteiger charge is 2.16. The number of hydrogen-bond acceptors (Lipinski definition) is 3. The predicted molar refractivity (Wildman–Crippen MR) is 66.3 cm³/mol. The molecule has 17 heavy (non-hydrogen) atoms. The summed E-state index contributed by atoms with van der Waals surface area (Å²) in [5.74, 6) is 0.0214. The number of carbonyl (C=O) groups excluding carboxylic acids is 1. The lowest BCUT2D eigenvalue weighted by Gasteiger charge is -2.15. The van der Waals surface area contributed by atoms with Crippen LogP contribution in [0.3, 0.4) is 0 Å². The van der Waals surface area contributed by atoms with E-state index in [9.17, 15) is 4.79 Å². The molecule has 0 aliphatic rings. The van der Waals surface area contributed by atoms with Gasteiger partial charge in [0.1, 0.15) is 5.75 Å². The third kappa shape index (κ3) is 4.42. The van der Waals surface area contributed by atoms with Crippen molar-refractivity contribution in [1.82, 2.24) is 5.48 Å². The molecule has 0 radical (unpaired) electrons. The minimum absolute atomic E-state index is 0.355. The number of rotatable bonds is 5. The highest BCUT2D eigenvalue weighted by molar-refractivity contribution is 6.35. The molecule has 94 valence electrons. The van der Waals surface area contributed by atoms with Crippen LogP contribution in [0.15, 0.2) is 18.2 Å². The van der Waals surface area contributed by atoms with Crippen LogP contribution >= 0.6 is 23.2 Å². The first-order valence-electron chi connectivity index (χ1n) is 5.08. The van der Waals surface area contributed by atoms with E-state index in [0.717, 1.165) is 0 Å². The molecule has 6 heteroatoms. The van der Waals surface area contributed by atoms with Crippen LogP contribution in [0.1, 0.15) is 13.8 Å².